The summed E-state index contributed by atoms with van der Waals surface area (Å²) in [5.74, 6) is 0.462. The normalized spacial score (nSPS) is 12.4. The number of carbonyl (C=O) groups excluding carboxylic acids is 1. The van der Waals surface area contributed by atoms with Crippen molar-refractivity contribution in [3.05, 3.63) is 34.3 Å². The Balaban J connectivity index is 2.75. The maximum Gasteiger partial charge on any atom is 0.244 e. The number of ether oxygens (including phenoxy) is 1. The number of hydrogen-bond donors (Lipinski definition) is 2. The zero-order valence-electron chi connectivity index (χ0n) is 11.0. The van der Waals surface area contributed by atoms with Crippen LogP contribution >= 0.6 is 15.9 Å². The van der Waals surface area contributed by atoms with Crippen LogP contribution in [0.5, 0.6) is 5.75 Å². The highest BCUT2D eigenvalue weighted by Crippen LogP contribution is 2.23. The average molecular weight is 328 g/mol. The van der Waals surface area contributed by atoms with Crippen molar-refractivity contribution in [1.29, 1.82) is 0 Å². The lowest BCUT2D eigenvalue weighted by Gasteiger charge is -2.12. The molecule has 1 atom stereocenters. The Bertz CT molecular complexity index is 456. The number of rotatable bonds is 6. The van der Waals surface area contributed by atoms with E-state index in [-0.39, 0.29) is 18.6 Å². The molecular formula is C14H18BrNO3. The van der Waals surface area contributed by atoms with E-state index in [4.69, 9.17) is 9.84 Å². The standard InChI is InChI=1S/C14H18BrNO3/c1-3-12(9-17)16-14(18)7-4-10-8-11(15)5-6-13(10)19-2/h4-8,12,17H,3,9H2,1-2H3,(H,16,18)/b7-4+/t12-/m0/s1. The quantitative estimate of drug-likeness (QED) is 0.788. The Morgan fingerprint density at radius 1 is 1.58 bits per heavy atom. The number of aliphatic hydroxyl groups is 1. The van der Waals surface area contributed by atoms with Crippen molar-refractivity contribution in [3.63, 3.8) is 0 Å². The summed E-state index contributed by atoms with van der Waals surface area (Å²) in [6.45, 7) is 1.85. The van der Waals surface area contributed by atoms with E-state index in [1.54, 1.807) is 13.2 Å². The van der Waals surface area contributed by atoms with E-state index < -0.39 is 0 Å². The van der Waals surface area contributed by atoms with E-state index in [1.165, 1.54) is 6.08 Å². The molecule has 19 heavy (non-hydrogen) atoms. The van der Waals surface area contributed by atoms with Gasteiger partial charge in [0, 0.05) is 16.1 Å². The van der Waals surface area contributed by atoms with Gasteiger partial charge in [-0.1, -0.05) is 22.9 Å². The minimum Gasteiger partial charge on any atom is -0.496 e. The molecule has 4 nitrogen and oxygen atoms in total. The number of methoxy groups -OCH3 is 1. The Labute approximate surface area is 121 Å². The van der Waals surface area contributed by atoms with E-state index >= 15 is 0 Å². The summed E-state index contributed by atoms with van der Waals surface area (Å²) in [6.07, 6.45) is 3.81. The molecule has 104 valence electrons. The molecule has 2 N–H and O–H groups in total. The van der Waals surface area contributed by atoms with Crippen LogP contribution in [0.2, 0.25) is 0 Å². The van der Waals surface area contributed by atoms with E-state index in [9.17, 15) is 4.79 Å². The molecule has 0 bridgehead atoms. The molecule has 1 aromatic carbocycles. The van der Waals surface area contributed by atoms with Gasteiger partial charge in [-0.15, -0.1) is 0 Å². The average Bonchev–Trinajstić information content (AvgIpc) is 2.42. The predicted molar refractivity (Wildman–Crippen MR) is 79.0 cm³/mol. The first-order chi connectivity index (χ1) is 9.10. The Kier molecular flexibility index (Phi) is 6.59. The first-order valence-corrected chi connectivity index (χ1v) is 6.83. The molecule has 0 saturated heterocycles. The molecule has 0 unspecified atom stereocenters. The Morgan fingerprint density at radius 3 is 2.89 bits per heavy atom. The second kappa shape index (κ2) is 7.96. The highest BCUT2D eigenvalue weighted by atomic mass is 79.9. The number of carbonyl (C=O) groups is 1. The summed E-state index contributed by atoms with van der Waals surface area (Å²) in [5, 5.41) is 11.7. The third-order valence-corrected chi connectivity index (χ3v) is 3.16. The van der Waals surface area contributed by atoms with E-state index in [0.29, 0.717) is 12.2 Å². The highest BCUT2D eigenvalue weighted by molar-refractivity contribution is 9.10. The van der Waals surface area contributed by atoms with Gasteiger partial charge in [0.15, 0.2) is 0 Å². The van der Waals surface area contributed by atoms with Crippen molar-refractivity contribution < 1.29 is 14.6 Å². The SMILES string of the molecule is CC[C@@H](CO)NC(=O)/C=C/c1cc(Br)ccc1OC. The molecule has 0 heterocycles. The molecule has 1 amide bonds. The van der Waals surface area contributed by atoms with Gasteiger partial charge in [0.05, 0.1) is 19.8 Å². The van der Waals surface area contributed by atoms with Gasteiger partial charge >= 0.3 is 0 Å². The zero-order valence-corrected chi connectivity index (χ0v) is 12.6. The van der Waals surface area contributed by atoms with Gasteiger partial charge in [0.1, 0.15) is 5.75 Å². The minimum atomic E-state index is -0.233. The second-order valence-corrected chi connectivity index (χ2v) is 4.93. The zero-order chi connectivity index (χ0) is 14.3. The van der Waals surface area contributed by atoms with Crippen LogP contribution in [0.1, 0.15) is 18.9 Å². The van der Waals surface area contributed by atoms with Gasteiger partial charge in [0.2, 0.25) is 5.91 Å². The van der Waals surface area contributed by atoms with Crippen molar-refractivity contribution in [2.24, 2.45) is 0 Å². The summed E-state index contributed by atoms with van der Waals surface area (Å²) in [4.78, 5) is 11.7. The van der Waals surface area contributed by atoms with Gasteiger partial charge in [0.25, 0.3) is 0 Å². The van der Waals surface area contributed by atoms with Gasteiger partial charge < -0.3 is 15.2 Å². The number of benzene rings is 1. The summed E-state index contributed by atoms with van der Waals surface area (Å²) in [6, 6.07) is 5.35. The lowest BCUT2D eigenvalue weighted by Crippen LogP contribution is -2.35. The molecule has 0 aliphatic heterocycles. The van der Waals surface area contributed by atoms with Crippen molar-refractivity contribution in [3.8, 4) is 5.75 Å². The Morgan fingerprint density at radius 2 is 2.32 bits per heavy atom. The number of hydrogen-bond acceptors (Lipinski definition) is 3. The van der Waals surface area contributed by atoms with E-state index in [1.807, 2.05) is 25.1 Å². The van der Waals surface area contributed by atoms with Crippen molar-refractivity contribution in [2.75, 3.05) is 13.7 Å². The monoisotopic (exact) mass is 327 g/mol. The third kappa shape index (κ3) is 5.04. The largest absolute Gasteiger partial charge is 0.496 e. The first-order valence-electron chi connectivity index (χ1n) is 6.03. The molecule has 0 aliphatic rings. The summed E-state index contributed by atoms with van der Waals surface area (Å²) < 4.78 is 6.12. The van der Waals surface area contributed by atoms with Crippen LogP contribution in [0.3, 0.4) is 0 Å². The van der Waals surface area contributed by atoms with Crippen LogP contribution in [0, 0.1) is 0 Å². The minimum absolute atomic E-state index is 0.0592. The number of halogens is 1. The van der Waals surface area contributed by atoms with Crippen LogP contribution in [0.15, 0.2) is 28.7 Å². The molecule has 0 saturated carbocycles. The molecule has 0 aliphatic carbocycles. The summed E-state index contributed by atoms with van der Waals surface area (Å²) in [5.41, 5.74) is 0.809. The van der Waals surface area contributed by atoms with Crippen LogP contribution in [0.4, 0.5) is 0 Å². The highest BCUT2D eigenvalue weighted by Gasteiger charge is 2.06. The Hall–Kier alpha value is -1.33. The van der Waals surface area contributed by atoms with Crippen LogP contribution in [0.25, 0.3) is 6.08 Å². The fourth-order valence-electron chi connectivity index (χ4n) is 1.53. The van der Waals surface area contributed by atoms with Crippen LogP contribution in [-0.2, 0) is 4.79 Å². The molecule has 0 spiro atoms. The molecular weight excluding hydrogens is 310 g/mol. The number of amides is 1. The van der Waals surface area contributed by atoms with Gasteiger partial charge in [-0.3, -0.25) is 4.79 Å². The van der Waals surface area contributed by atoms with Gasteiger partial charge in [-0.25, -0.2) is 0 Å². The second-order valence-electron chi connectivity index (χ2n) is 4.02. The van der Waals surface area contributed by atoms with Crippen LogP contribution in [-0.4, -0.2) is 30.8 Å². The lowest BCUT2D eigenvalue weighted by atomic mass is 10.2. The predicted octanol–water partition coefficient (Wildman–Crippen LogP) is 2.36. The van der Waals surface area contributed by atoms with E-state index in [0.717, 1.165) is 10.0 Å². The van der Waals surface area contributed by atoms with Gasteiger partial charge in [-0.2, -0.15) is 0 Å². The maximum absolute atomic E-state index is 11.7. The first kappa shape index (κ1) is 15.7. The summed E-state index contributed by atoms with van der Waals surface area (Å²) in [7, 11) is 1.58. The number of nitrogens with one attached hydrogen (secondary N) is 1. The maximum atomic E-state index is 11.7. The van der Waals surface area contributed by atoms with Gasteiger partial charge in [-0.05, 0) is 30.7 Å². The molecule has 0 fully saturated rings. The molecule has 0 aromatic heterocycles. The van der Waals surface area contributed by atoms with Crippen molar-refractivity contribution >= 4 is 27.9 Å². The lowest BCUT2D eigenvalue weighted by molar-refractivity contribution is -0.117. The fraction of sp³-hybridized carbons (Fsp3) is 0.357. The smallest absolute Gasteiger partial charge is 0.244 e. The van der Waals surface area contributed by atoms with E-state index in [2.05, 4.69) is 21.2 Å². The third-order valence-electron chi connectivity index (χ3n) is 2.67. The molecule has 1 aromatic rings. The molecule has 0 radical (unpaired) electrons. The topological polar surface area (TPSA) is 58.6 Å². The van der Waals surface area contributed by atoms with Crippen molar-refractivity contribution in [1.82, 2.24) is 5.32 Å². The fourth-order valence-corrected chi connectivity index (χ4v) is 1.91. The molecule has 5 heteroatoms. The van der Waals surface area contributed by atoms with Crippen molar-refractivity contribution in [2.45, 2.75) is 19.4 Å². The van der Waals surface area contributed by atoms with Crippen LogP contribution < -0.4 is 10.1 Å². The number of aliphatic hydroxyl groups excluding tert-OH is 1. The summed E-state index contributed by atoms with van der Waals surface area (Å²) >= 11 is 3.37. The molecule has 1 rings (SSSR count).